The predicted molar refractivity (Wildman–Crippen MR) is 79.1 cm³/mol. The van der Waals surface area contributed by atoms with Gasteiger partial charge >= 0.3 is 6.09 Å². The Morgan fingerprint density at radius 3 is 2.57 bits per heavy atom. The van der Waals surface area contributed by atoms with Crippen molar-refractivity contribution in [3.63, 3.8) is 0 Å². The summed E-state index contributed by atoms with van der Waals surface area (Å²) < 4.78 is 4.64. The normalized spacial score (nSPS) is 13.6. The van der Waals surface area contributed by atoms with Crippen molar-refractivity contribution >= 4 is 23.4 Å². The topological polar surface area (TPSA) is 83.0 Å². The average Bonchev–Trinajstić information content (AvgIpc) is 2.92. The Labute approximate surface area is 122 Å². The van der Waals surface area contributed by atoms with Gasteiger partial charge in [0.05, 0.1) is 12.3 Å². The molecule has 1 aliphatic heterocycles. The lowest BCUT2D eigenvalue weighted by molar-refractivity contribution is 0.0912. The maximum Gasteiger partial charge on any atom is 0.426 e. The van der Waals surface area contributed by atoms with Crippen LogP contribution in [0.2, 0.25) is 0 Å². The van der Waals surface area contributed by atoms with Gasteiger partial charge < -0.3 is 4.74 Å². The number of ether oxygens (including phenoxy) is 1. The molecule has 0 atom stereocenters. The number of amides is 2. The number of hydrogen-bond donors (Lipinski definition) is 2. The molecule has 0 saturated carbocycles. The van der Waals surface area contributed by atoms with Crippen molar-refractivity contribution in [2.45, 2.75) is 20.3 Å². The number of benzene rings is 1. The second-order valence-corrected chi connectivity index (χ2v) is 4.55. The molecule has 7 heteroatoms. The monoisotopic (exact) mass is 290 g/mol. The highest BCUT2D eigenvalue weighted by Gasteiger charge is 2.13. The summed E-state index contributed by atoms with van der Waals surface area (Å²) in [7, 11) is 0. The van der Waals surface area contributed by atoms with E-state index in [9.17, 15) is 9.59 Å². The minimum absolute atomic E-state index is 0.242. The highest BCUT2D eigenvalue weighted by molar-refractivity contribution is 5.95. The van der Waals surface area contributed by atoms with E-state index in [0.29, 0.717) is 5.56 Å². The highest BCUT2D eigenvalue weighted by Crippen LogP contribution is 2.19. The van der Waals surface area contributed by atoms with Crippen LogP contribution >= 0.6 is 0 Å². The number of carbonyl (C=O) groups excluding carboxylic acids is 2. The Morgan fingerprint density at radius 1 is 1.29 bits per heavy atom. The van der Waals surface area contributed by atoms with Crippen molar-refractivity contribution in [3.05, 3.63) is 29.8 Å². The molecule has 1 aromatic rings. The molecule has 0 radical (unpaired) electrons. The zero-order valence-corrected chi connectivity index (χ0v) is 12.0. The van der Waals surface area contributed by atoms with Crippen LogP contribution in [0.3, 0.4) is 0 Å². The predicted octanol–water partition coefficient (Wildman–Crippen LogP) is 1.66. The lowest BCUT2D eigenvalue weighted by Crippen LogP contribution is -2.41. The Bertz CT molecular complexity index is 554. The third-order valence-electron chi connectivity index (χ3n) is 2.96. The minimum atomic E-state index is -0.690. The molecule has 0 unspecified atom stereocenters. The Hall–Kier alpha value is -2.57. The number of hydrogen-bond acceptors (Lipinski definition) is 5. The molecule has 2 amide bonds. The number of hydrazine groups is 1. The van der Waals surface area contributed by atoms with Crippen LogP contribution in [0.4, 0.5) is 10.5 Å². The van der Waals surface area contributed by atoms with Gasteiger partial charge in [0.25, 0.3) is 5.91 Å². The van der Waals surface area contributed by atoms with E-state index in [4.69, 9.17) is 0 Å². The molecule has 7 nitrogen and oxygen atoms in total. The molecule has 0 saturated heterocycles. The first-order chi connectivity index (χ1) is 10.1. The van der Waals surface area contributed by atoms with Gasteiger partial charge in [0.1, 0.15) is 0 Å². The van der Waals surface area contributed by atoms with Crippen molar-refractivity contribution in [2.24, 2.45) is 5.10 Å². The Kier molecular flexibility index (Phi) is 4.76. The van der Waals surface area contributed by atoms with E-state index in [1.54, 1.807) is 19.1 Å². The van der Waals surface area contributed by atoms with Crippen LogP contribution in [0.25, 0.3) is 0 Å². The van der Waals surface area contributed by atoms with Crippen LogP contribution in [0.5, 0.6) is 0 Å². The summed E-state index contributed by atoms with van der Waals surface area (Å²) in [6.45, 7) is 4.76. The molecule has 2 rings (SSSR count). The number of nitrogens with zero attached hydrogens (tertiary/aromatic N) is 2. The van der Waals surface area contributed by atoms with E-state index in [0.717, 1.165) is 24.4 Å². The van der Waals surface area contributed by atoms with E-state index in [2.05, 4.69) is 20.7 Å². The van der Waals surface area contributed by atoms with E-state index in [1.165, 1.54) is 0 Å². The van der Waals surface area contributed by atoms with Gasteiger partial charge in [-0.15, -0.1) is 0 Å². The smallest absolute Gasteiger partial charge is 0.426 e. The molecule has 0 fully saturated rings. The van der Waals surface area contributed by atoms with E-state index >= 15 is 0 Å². The van der Waals surface area contributed by atoms with Gasteiger partial charge in [-0.2, -0.15) is 5.10 Å². The maximum absolute atomic E-state index is 11.8. The molecule has 1 heterocycles. The minimum Gasteiger partial charge on any atom is -0.449 e. The van der Waals surface area contributed by atoms with Crippen molar-refractivity contribution in [1.82, 2.24) is 10.9 Å². The lowest BCUT2D eigenvalue weighted by Gasteiger charge is -2.14. The quantitative estimate of drug-likeness (QED) is 0.829. The third-order valence-corrected chi connectivity index (χ3v) is 2.96. The lowest BCUT2D eigenvalue weighted by atomic mass is 10.2. The van der Waals surface area contributed by atoms with Gasteiger partial charge in [-0.1, -0.05) is 0 Å². The summed E-state index contributed by atoms with van der Waals surface area (Å²) in [6.07, 6.45) is 0.260. The van der Waals surface area contributed by atoms with Crippen LogP contribution in [-0.4, -0.2) is 30.9 Å². The maximum atomic E-state index is 11.8. The number of hydrazone groups is 1. The molecule has 0 spiro atoms. The standard InChI is InChI=1S/C14H18N4O3/c1-3-21-14(20)16-15-13(19)11-4-6-12(7-5-11)18-9-8-10(2)17-18/h4-7H,3,8-9H2,1-2H3,(H,15,19)(H,16,20). The Balaban J connectivity index is 1.92. The van der Waals surface area contributed by atoms with Crippen LogP contribution in [0.1, 0.15) is 30.6 Å². The summed E-state index contributed by atoms with van der Waals surface area (Å²) in [4.78, 5) is 22.9. The molecule has 112 valence electrons. The molecule has 1 aliphatic rings. The second kappa shape index (κ2) is 6.74. The van der Waals surface area contributed by atoms with Gasteiger partial charge in [-0.25, -0.2) is 10.2 Å². The zero-order valence-electron chi connectivity index (χ0n) is 12.0. The summed E-state index contributed by atoms with van der Waals surface area (Å²) in [6, 6.07) is 7.00. The number of nitrogens with one attached hydrogen (secondary N) is 2. The fourth-order valence-corrected chi connectivity index (χ4v) is 1.89. The van der Waals surface area contributed by atoms with Crippen LogP contribution in [-0.2, 0) is 4.74 Å². The van der Waals surface area contributed by atoms with Crippen molar-refractivity contribution in [2.75, 3.05) is 18.2 Å². The molecular weight excluding hydrogens is 272 g/mol. The molecule has 21 heavy (non-hydrogen) atoms. The number of carbonyl (C=O) groups is 2. The average molecular weight is 290 g/mol. The van der Waals surface area contributed by atoms with Crippen molar-refractivity contribution < 1.29 is 14.3 Å². The fourth-order valence-electron chi connectivity index (χ4n) is 1.89. The van der Waals surface area contributed by atoms with Gasteiger partial charge in [0.15, 0.2) is 0 Å². The Morgan fingerprint density at radius 2 is 2.00 bits per heavy atom. The van der Waals surface area contributed by atoms with E-state index in [-0.39, 0.29) is 6.61 Å². The molecule has 0 bridgehead atoms. The van der Waals surface area contributed by atoms with Gasteiger partial charge in [-0.3, -0.25) is 15.2 Å². The molecular formula is C14H18N4O3. The molecule has 1 aromatic carbocycles. The van der Waals surface area contributed by atoms with E-state index in [1.807, 2.05) is 24.1 Å². The van der Waals surface area contributed by atoms with Crippen molar-refractivity contribution in [3.8, 4) is 0 Å². The van der Waals surface area contributed by atoms with Crippen molar-refractivity contribution in [1.29, 1.82) is 0 Å². The first kappa shape index (κ1) is 14.8. The van der Waals surface area contributed by atoms with Crippen LogP contribution < -0.4 is 15.9 Å². The first-order valence-corrected chi connectivity index (χ1v) is 6.75. The highest BCUT2D eigenvalue weighted by atomic mass is 16.5. The van der Waals surface area contributed by atoms with Crippen LogP contribution in [0, 0.1) is 0 Å². The summed E-state index contributed by atoms with van der Waals surface area (Å²) in [5, 5.41) is 6.29. The largest absolute Gasteiger partial charge is 0.449 e. The van der Waals surface area contributed by atoms with Gasteiger partial charge in [0.2, 0.25) is 0 Å². The fraction of sp³-hybridized carbons (Fsp3) is 0.357. The molecule has 0 aliphatic carbocycles. The second-order valence-electron chi connectivity index (χ2n) is 4.55. The number of rotatable bonds is 3. The zero-order chi connectivity index (χ0) is 15.2. The molecule has 2 N–H and O–H groups in total. The summed E-state index contributed by atoms with van der Waals surface area (Å²) in [5.74, 6) is -0.407. The number of anilines is 1. The molecule has 0 aromatic heterocycles. The first-order valence-electron chi connectivity index (χ1n) is 6.75. The van der Waals surface area contributed by atoms with Gasteiger partial charge in [-0.05, 0) is 38.1 Å². The summed E-state index contributed by atoms with van der Waals surface area (Å²) >= 11 is 0. The summed E-state index contributed by atoms with van der Waals surface area (Å²) in [5.41, 5.74) is 6.90. The van der Waals surface area contributed by atoms with Gasteiger partial charge in [0, 0.05) is 24.2 Å². The van der Waals surface area contributed by atoms with Crippen LogP contribution in [0.15, 0.2) is 29.4 Å². The van der Waals surface area contributed by atoms with E-state index < -0.39 is 12.0 Å². The SMILES string of the molecule is CCOC(=O)NNC(=O)c1ccc(N2CCC(C)=N2)cc1. The third kappa shape index (κ3) is 3.95.